The van der Waals surface area contributed by atoms with E-state index in [0.29, 0.717) is 0 Å². The van der Waals surface area contributed by atoms with Gasteiger partial charge in [0.1, 0.15) is 11.2 Å². The third-order valence-corrected chi connectivity index (χ3v) is 9.82. The summed E-state index contributed by atoms with van der Waals surface area (Å²) in [6, 6.07) is 61.6. The summed E-state index contributed by atoms with van der Waals surface area (Å²) in [5.74, 6) is 0. The van der Waals surface area contributed by atoms with Crippen LogP contribution in [-0.4, -0.2) is 0 Å². The Bertz CT molecular complexity index is 2780. The van der Waals surface area contributed by atoms with Crippen molar-refractivity contribution in [2.45, 2.75) is 0 Å². The van der Waals surface area contributed by atoms with E-state index in [9.17, 15) is 0 Å². The zero-order chi connectivity index (χ0) is 30.9. The van der Waals surface area contributed by atoms with Crippen LogP contribution in [0.5, 0.6) is 0 Å². The Hall–Kier alpha value is -6.18. The van der Waals surface area contributed by atoms with Gasteiger partial charge < -0.3 is 4.42 Å². The summed E-state index contributed by atoms with van der Waals surface area (Å²) < 4.78 is 6.48. The molecule has 0 spiro atoms. The third kappa shape index (κ3) is 3.97. The molecular weight excluding hydrogens is 569 g/mol. The maximum atomic E-state index is 6.48. The summed E-state index contributed by atoms with van der Waals surface area (Å²) in [6.07, 6.45) is 0. The normalized spacial score (nSPS) is 11.8. The predicted molar refractivity (Wildman–Crippen MR) is 200 cm³/mol. The van der Waals surface area contributed by atoms with Crippen LogP contribution >= 0.6 is 0 Å². The number of hydrogen-bond acceptors (Lipinski definition) is 1. The molecule has 9 aromatic carbocycles. The smallest absolute Gasteiger partial charge is 0.143 e. The molecule has 0 saturated heterocycles. The first-order chi connectivity index (χ1) is 23.3. The molecule has 1 heteroatoms. The number of fused-ring (bicyclic) bond motifs is 8. The van der Waals surface area contributed by atoms with Gasteiger partial charge in [0, 0.05) is 16.2 Å². The fourth-order valence-electron chi connectivity index (χ4n) is 7.69. The quantitative estimate of drug-likeness (QED) is 0.185. The highest BCUT2D eigenvalue weighted by molar-refractivity contribution is 6.27. The SMILES string of the molecule is c1ccc(-c2ccc3cc(-c4c5ccccc5c(-c5cc6c7ccccc7oc6c6ccccc56)c5ccccc45)ccc3c2)cc1. The minimum absolute atomic E-state index is 0.919. The lowest BCUT2D eigenvalue weighted by Crippen LogP contribution is -1.92. The van der Waals surface area contributed by atoms with Gasteiger partial charge in [0.15, 0.2) is 0 Å². The Morgan fingerprint density at radius 1 is 0.298 bits per heavy atom. The van der Waals surface area contributed by atoms with E-state index in [2.05, 4.69) is 164 Å². The maximum Gasteiger partial charge on any atom is 0.143 e. The van der Waals surface area contributed by atoms with E-state index >= 15 is 0 Å². The van der Waals surface area contributed by atoms with Crippen molar-refractivity contribution in [3.8, 4) is 33.4 Å². The first-order valence-electron chi connectivity index (χ1n) is 16.2. The van der Waals surface area contributed by atoms with Gasteiger partial charge in [-0.2, -0.15) is 0 Å². The van der Waals surface area contributed by atoms with Crippen molar-refractivity contribution < 1.29 is 4.42 Å². The molecule has 1 nitrogen and oxygen atoms in total. The highest BCUT2D eigenvalue weighted by Crippen LogP contribution is 2.47. The van der Waals surface area contributed by atoms with Crippen LogP contribution in [-0.2, 0) is 0 Å². The van der Waals surface area contributed by atoms with Gasteiger partial charge in [-0.1, -0.05) is 146 Å². The summed E-state index contributed by atoms with van der Waals surface area (Å²) >= 11 is 0. The lowest BCUT2D eigenvalue weighted by atomic mass is 9.84. The summed E-state index contributed by atoms with van der Waals surface area (Å²) in [7, 11) is 0. The molecule has 0 N–H and O–H groups in total. The zero-order valence-electron chi connectivity index (χ0n) is 25.6. The Kier molecular flexibility index (Phi) is 5.64. The van der Waals surface area contributed by atoms with Gasteiger partial charge in [0.2, 0.25) is 0 Å². The van der Waals surface area contributed by atoms with E-state index in [1.165, 1.54) is 71.1 Å². The average Bonchev–Trinajstić information content (AvgIpc) is 3.52. The second kappa shape index (κ2) is 10.2. The second-order valence-electron chi connectivity index (χ2n) is 12.4. The lowest BCUT2D eigenvalue weighted by Gasteiger charge is -2.19. The molecule has 10 aromatic rings. The van der Waals surface area contributed by atoms with Gasteiger partial charge in [-0.3, -0.25) is 0 Å². The van der Waals surface area contributed by atoms with Gasteiger partial charge in [-0.15, -0.1) is 0 Å². The number of benzene rings is 9. The van der Waals surface area contributed by atoms with Gasteiger partial charge in [0.25, 0.3) is 0 Å². The van der Waals surface area contributed by atoms with Gasteiger partial charge in [-0.05, 0) is 95.3 Å². The second-order valence-corrected chi connectivity index (χ2v) is 12.4. The molecule has 0 fully saturated rings. The van der Waals surface area contributed by atoms with E-state index < -0.39 is 0 Å². The van der Waals surface area contributed by atoms with Crippen molar-refractivity contribution in [1.29, 1.82) is 0 Å². The molecule has 0 unspecified atom stereocenters. The van der Waals surface area contributed by atoms with Crippen molar-refractivity contribution in [1.82, 2.24) is 0 Å². The molecule has 0 radical (unpaired) electrons. The van der Waals surface area contributed by atoms with E-state index in [1.807, 2.05) is 6.07 Å². The standard InChI is InChI=1S/C46H28O/c1-2-12-29(13-3-1)30-22-23-32-27-33(25-24-31(32)26-30)44-36-16-5-7-18-38(36)45(39-19-8-6-17-37(39)44)41-28-42-35-15-10-11-21-43(35)47-46(42)40-20-9-4-14-34(40)41/h1-28H. The topological polar surface area (TPSA) is 13.1 Å². The van der Waals surface area contributed by atoms with Crippen LogP contribution in [0, 0.1) is 0 Å². The molecule has 10 rings (SSSR count). The van der Waals surface area contributed by atoms with Crippen molar-refractivity contribution in [2.24, 2.45) is 0 Å². The van der Waals surface area contributed by atoms with Gasteiger partial charge >= 0.3 is 0 Å². The molecule has 0 amide bonds. The Morgan fingerprint density at radius 3 is 1.49 bits per heavy atom. The molecule has 1 aromatic heterocycles. The molecule has 218 valence electrons. The van der Waals surface area contributed by atoms with Crippen LogP contribution in [0.3, 0.4) is 0 Å². The summed E-state index contributed by atoms with van der Waals surface area (Å²) in [6.45, 7) is 0. The first-order valence-corrected chi connectivity index (χ1v) is 16.2. The van der Waals surface area contributed by atoms with Crippen LogP contribution in [0.2, 0.25) is 0 Å². The average molecular weight is 597 g/mol. The third-order valence-electron chi connectivity index (χ3n) is 9.82. The van der Waals surface area contributed by atoms with Crippen molar-refractivity contribution in [3.05, 3.63) is 170 Å². The lowest BCUT2D eigenvalue weighted by molar-refractivity contribution is 0.672. The molecule has 0 aliphatic heterocycles. The van der Waals surface area contributed by atoms with E-state index in [-0.39, 0.29) is 0 Å². The minimum Gasteiger partial charge on any atom is -0.455 e. The molecule has 1 heterocycles. The van der Waals surface area contributed by atoms with Crippen molar-refractivity contribution in [2.75, 3.05) is 0 Å². The van der Waals surface area contributed by atoms with E-state index in [4.69, 9.17) is 4.42 Å². The van der Waals surface area contributed by atoms with Crippen LogP contribution in [0.1, 0.15) is 0 Å². The van der Waals surface area contributed by atoms with Gasteiger partial charge in [0.05, 0.1) is 0 Å². The molecule has 0 atom stereocenters. The number of hydrogen-bond donors (Lipinski definition) is 0. The van der Waals surface area contributed by atoms with Crippen LogP contribution in [0.4, 0.5) is 0 Å². The summed E-state index contributed by atoms with van der Waals surface area (Å²) in [5.41, 5.74) is 9.32. The molecule has 0 aliphatic carbocycles. The van der Waals surface area contributed by atoms with Crippen molar-refractivity contribution in [3.63, 3.8) is 0 Å². The monoisotopic (exact) mass is 596 g/mol. The zero-order valence-corrected chi connectivity index (χ0v) is 25.6. The minimum atomic E-state index is 0.919. The Morgan fingerprint density at radius 2 is 0.809 bits per heavy atom. The summed E-state index contributed by atoms with van der Waals surface area (Å²) in [5, 5.41) is 12.1. The molecule has 47 heavy (non-hydrogen) atoms. The molecule has 0 saturated carbocycles. The molecule has 0 bridgehead atoms. The number of para-hydroxylation sites is 1. The van der Waals surface area contributed by atoms with Crippen LogP contribution < -0.4 is 0 Å². The fourth-order valence-corrected chi connectivity index (χ4v) is 7.69. The highest BCUT2D eigenvalue weighted by Gasteiger charge is 2.20. The van der Waals surface area contributed by atoms with E-state index in [1.54, 1.807) is 0 Å². The van der Waals surface area contributed by atoms with Crippen LogP contribution in [0.25, 0.3) is 98.4 Å². The van der Waals surface area contributed by atoms with Crippen LogP contribution in [0.15, 0.2) is 174 Å². The maximum absolute atomic E-state index is 6.48. The number of rotatable bonds is 3. The first kappa shape index (κ1) is 26.1. The summed E-state index contributed by atoms with van der Waals surface area (Å²) in [4.78, 5) is 0. The largest absolute Gasteiger partial charge is 0.455 e. The molecular formula is C46H28O. The van der Waals surface area contributed by atoms with Crippen molar-refractivity contribution >= 4 is 65.0 Å². The molecule has 0 aliphatic rings. The van der Waals surface area contributed by atoms with E-state index in [0.717, 1.165) is 27.3 Å². The van der Waals surface area contributed by atoms with Gasteiger partial charge in [-0.25, -0.2) is 0 Å². The predicted octanol–water partition coefficient (Wildman–Crippen LogP) is 13.2. The Labute approximate surface area is 271 Å². The highest BCUT2D eigenvalue weighted by atomic mass is 16.3. The number of furan rings is 1. The Balaban J connectivity index is 1.27. The fraction of sp³-hybridized carbons (Fsp3) is 0.